The minimum Gasteiger partial charge on any atom is -0.337 e. The summed E-state index contributed by atoms with van der Waals surface area (Å²) >= 11 is 0. The molecule has 1 fully saturated rings. The van der Waals surface area contributed by atoms with Crippen LogP contribution in [0.5, 0.6) is 0 Å². The van der Waals surface area contributed by atoms with Gasteiger partial charge in [0.2, 0.25) is 5.91 Å². The lowest BCUT2D eigenvalue weighted by molar-refractivity contribution is -0.134. The number of benzene rings is 1. The third-order valence-corrected chi connectivity index (χ3v) is 5.09. The quantitative estimate of drug-likeness (QED) is 0.872. The van der Waals surface area contributed by atoms with E-state index in [1.54, 1.807) is 0 Å². The van der Waals surface area contributed by atoms with Crippen molar-refractivity contribution in [1.29, 1.82) is 0 Å². The summed E-state index contributed by atoms with van der Waals surface area (Å²) in [5.74, 6) is 0.226. The molecule has 24 heavy (non-hydrogen) atoms. The Hall–Kier alpha value is -1.39. The van der Waals surface area contributed by atoms with Crippen molar-refractivity contribution in [2.24, 2.45) is 11.1 Å². The molecule has 0 aromatic heterocycles. The second-order valence-corrected chi connectivity index (χ2v) is 7.90. The average Bonchev–Trinajstić information content (AvgIpc) is 2.52. The van der Waals surface area contributed by atoms with Crippen molar-refractivity contribution in [3.8, 4) is 0 Å². The Labute approximate surface area is 147 Å². The summed E-state index contributed by atoms with van der Waals surface area (Å²) in [4.78, 5) is 17.1. The minimum atomic E-state index is 0.0745. The Bertz CT molecular complexity index is 538. The second kappa shape index (κ2) is 8.13. The number of piperidine rings is 1. The van der Waals surface area contributed by atoms with E-state index in [1.165, 1.54) is 11.1 Å². The summed E-state index contributed by atoms with van der Waals surface area (Å²) in [7, 11) is 0. The number of aryl methyl sites for hydroxylation is 1. The van der Waals surface area contributed by atoms with E-state index >= 15 is 0 Å². The van der Waals surface area contributed by atoms with Gasteiger partial charge < -0.3 is 10.6 Å². The van der Waals surface area contributed by atoms with Gasteiger partial charge in [-0.15, -0.1) is 0 Å². The Morgan fingerprint density at radius 1 is 1.33 bits per heavy atom. The molecule has 2 N–H and O–H groups in total. The van der Waals surface area contributed by atoms with Gasteiger partial charge in [0, 0.05) is 32.2 Å². The van der Waals surface area contributed by atoms with Crippen molar-refractivity contribution in [3.05, 3.63) is 35.4 Å². The van der Waals surface area contributed by atoms with Crippen LogP contribution in [0.3, 0.4) is 0 Å². The van der Waals surface area contributed by atoms with E-state index in [1.807, 2.05) is 4.90 Å². The molecule has 4 nitrogen and oxygen atoms in total. The van der Waals surface area contributed by atoms with Crippen molar-refractivity contribution < 1.29 is 4.79 Å². The first kappa shape index (κ1) is 18.9. The fourth-order valence-electron chi connectivity index (χ4n) is 3.39. The fraction of sp³-hybridized carbons (Fsp3) is 0.650. The molecule has 0 aliphatic carbocycles. The Morgan fingerprint density at radius 2 is 2.00 bits per heavy atom. The van der Waals surface area contributed by atoms with Crippen molar-refractivity contribution in [3.63, 3.8) is 0 Å². The molecular formula is C20H33N3O. The van der Waals surface area contributed by atoms with Gasteiger partial charge in [-0.25, -0.2) is 0 Å². The molecule has 1 atom stereocenters. The van der Waals surface area contributed by atoms with Gasteiger partial charge in [0.05, 0.1) is 6.54 Å². The molecule has 1 unspecified atom stereocenters. The van der Waals surface area contributed by atoms with Gasteiger partial charge in [0.25, 0.3) is 0 Å². The molecular weight excluding hydrogens is 298 g/mol. The van der Waals surface area contributed by atoms with Crippen LogP contribution in [0.1, 0.15) is 44.7 Å². The summed E-state index contributed by atoms with van der Waals surface area (Å²) in [6.07, 6.45) is 1.94. The Morgan fingerprint density at radius 3 is 2.58 bits per heavy atom. The summed E-state index contributed by atoms with van der Waals surface area (Å²) in [6.45, 7) is 12.4. The van der Waals surface area contributed by atoms with E-state index in [9.17, 15) is 4.79 Å². The summed E-state index contributed by atoms with van der Waals surface area (Å²) in [6, 6.07) is 8.68. The summed E-state index contributed by atoms with van der Waals surface area (Å²) in [5, 5.41) is 0. The molecule has 1 saturated heterocycles. The number of hydrogen-bond donors (Lipinski definition) is 1. The molecule has 1 aromatic carbocycles. The van der Waals surface area contributed by atoms with Crippen LogP contribution in [0.15, 0.2) is 24.3 Å². The second-order valence-electron chi connectivity index (χ2n) is 7.90. The SMILES string of the molecule is CCCN(Cc1ccc(C)cc1)C(=O)CN1CCC(N)C(C)(C)C1. The Balaban J connectivity index is 1.97. The minimum absolute atomic E-state index is 0.0745. The first-order valence-corrected chi connectivity index (χ1v) is 9.13. The predicted molar refractivity (Wildman–Crippen MR) is 99.7 cm³/mol. The maximum absolute atomic E-state index is 12.8. The highest BCUT2D eigenvalue weighted by atomic mass is 16.2. The molecule has 0 spiro atoms. The Kier molecular flexibility index (Phi) is 6.41. The first-order valence-electron chi connectivity index (χ1n) is 9.13. The van der Waals surface area contributed by atoms with E-state index in [0.717, 1.165) is 32.5 Å². The maximum Gasteiger partial charge on any atom is 0.237 e. The maximum atomic E-state index is 12.8. The first-order chi connectivity index (χ1) is 11.3. The summed E-state index contributed by atoms with van der Waals surface area (Å²) < 4.78 is 0. The van der Waals surface area contributed by atoms with Gasteiger partial charge >= 0.3 is 0 Å². The lowest BCUT2D eigenvalue weighted by Crippen LogP contribution is -2.54. The molecule has 0 saturated carbocycles. The molecule has 1 amide bonds. The van der Waals surface area contributed by atoms with Crippen molar-refractivity contribution in [1.82, 2.24) is 9.80 Å². The number of hydrogen-bond acceptors (Lipinski definition) is 3. The molecule has 1 aromatic rings. The smallest absolute Gasteiger partial charge is 0.237 e. The number of rotatable bonds is 6. The molecule has 0 radical (unpaired) electrons. The number of likely N-dealkylation sites (tertiary alicyclic amines) is 1. The molecule has 0 bridgehead atoms. The molecule has 1 heterocycles. The summed E-state index contributed by atoms with van der Waals surface area (Å²) in [5.41, 5.74) is 8.73. The van der Waals surface area contributed by atoms with Crippen LogP contribution < -0.4 is 5.73 Å². The molecule has 4 heteroatoms. The normalized spacial score (nSPS) is 20.8. The van der Waals surface area contributed by atoms with Crippen molar-refractivity contribution in [2.45, 2.75) is 53.1 Å². The fourth-order valence-corrected chi connectivity index (χ4v) is 3.39. The lowest BCUT2D eigenvalue weighted by atomic mass is 9.80. The van der Waals surface area contributed by atoms with E-state index in [2.05, 4.69) is 56.9 Å². The van der Waals surface area contributed by atoms with Crippen LogP contribution in [0.2, 0.25) is 0 Å². The largest absolute Gasteiger partial charge is 0.337 e. The van der Waals surface area contributed by atoms with E-state index in [4.69, 9.17) is 5.73 Å². The van der Waals surface area contributed by atoms with E-state index in [-0.39, 0.29) is 17.4 Å². The van der Waals surface area contributed by atoms with Crippen LogP contribution in [0, 0.1) is 12.3 Å². The van der Waals surface area contributed by atoms with Crippen LogP contribution in [-0.2, 0) is 11.3 Å². The van der Waals surface area contributed by atoms with Crippen molar-refractivity contribution >= 4 is 5.91 Å². The third-order valence-electron chi connectivity index (χ3n) is 5.09. The van der Waals surface area contributed by atoms with Gasteiger partial charge in [-0.05, 0) is 30.7 Å². The number of carbonyl (C=O) groups is 1. The third kappa shape index (κ3) is 5.05. The number of nitrogens with zero attached hydrogens (tertiary/aromatic N) is 2. The molecule has 1 aliphatic rings. The van der Waals surface area contributed by atoms with Gasteiger partial charge in [-0.3, -0.25) is 9.69 Å². The monoisotopic (exact) mass is 331 g/mol. The highest BCUT2D eigenvalue weighted by molar-refractivity contribution is 5.78. The zero-order valence-electron chi connectivity index (χ0n) is 15.7. The number of carbonyl (C=O) groups excluding carboxylic acids is 1. The van der Waals surface area contributed by atoms with Crippen molar-refractivity contribution in [2.75, 3.05) is 26.2 Å². The molecule has 1 aliphatic heterocycles. The standard InChI is InChI=1S/C20H33N3O/c1-5-11-23(13-17-8-6-16(2)7-9-17)19(24)14-22-12-10-18(21)20(3,4)15-22/h6-9,18H,5,10-15,21H2,1-4H3. The van der Waals surface area contributed by atoms with Crippen LogP contribution >= 0.6 is 0 Å². The highest BCUT2D eigenvalue weighted by Crippen LogP contribution is 2.27. The topological polar surface area (TPSA) is 49.6 Å². The van der Waals surface area contributed by atoms with Crippen LogP contribution in [0.4, 0.5) is 0 Å². The van der Waals surface area contributed by atoms with Gasteiger partial charge in [0.15, 0.2) is 0 Å². The molecule has 2 rings (SSSR count). The van der Waals surface area contributed by atoms with Crippen LogP contribution in [-0.4, -0.2) is 47.9 Å². The number of nitrogens with two attached hydrogens (primary N) is 1. The average molecular weight is 332 g/mol. The lowest BCUT2D eigenvalue weighted by Gasteiger charge is -2.42. The highest BCUT2D eigenvalue weighted by Gasteiger charge is 2.34. The zero-order chi connectivity index (χ0) is 17.7. The zero-order valence-corrected chi connectivity index (χ0v) is 15.7. The van der Waals surface area contributed by atoms with Gasteiger partial charge in [0.1, 0.15) is 0 Å². The predicted octanol–water partition coefficient (Wildman–Crippen LogP) is 2.79. The van der Waals surface area contributed by atoms with E-state index < -0.39 is 0 Å². The van der Waals surface area contributed by atoms with Crippen LogP contribution in [0.25, 0.3) is 0 Å². The molecule has 134 valence electrons. The van der Waals surface area contributed by atoms with Gasteiger partial charge in [-0.2, -0.15) is 0 Å². The van der Waals surface area contributed by atoms with Gasteiger partial charge in [-0.1, -0.05) is 50.6 Å². The van der Waals surface area contributed by atoms with E-state index in [0.29, 0.717) is 13.1 Å². The number of amides is 1.